The number of rotatable bonds is 6. The Morgan fingerprint density at radius 2 is 1.85 bits per heavy atom. The molecule has 1 N–H and O–H groups in total. The Kier molecular flexibility index (Phi) is 6.72. The lowest BCUT2D eigenvalue weighted by molar-refractivity contribution is -0.198. The predicted molar refractivity (Wildman–Crippen MR) is 69.8 cm³/mol. The van der Waals surface area contributed by atoms with Crippen LogP contribution in [0.4, 0.5) is 0 Å². The molecule has 0 amide bonds. The van der Waals surface area contributed by atoms with Crippen LogP contribution in [0.25, 0.3) is 0 Å². The molecule has 1 rings (SSSR count). The normalized spacial score (nSPS) is 24.6. The Balaban J connectivity index is 2.49. The zero-order valence-electron chi connectivity index (χ0n) is 11.0. The topological polar surface area (TPSA) is 89.9 Å². The van der Waals surface area contributed by atoms with E-state index in [1.165, 1.54) is 0 Å². The van der Waals surface area contributed by atoms with E-state index in [0.29, 0.717) is 0 Å². The smallest absolute Gasteiger partial charge is 0.272 e. The van der Waals surface area contributed by atoms with Crippen molar-refractivity contribution in [3.05, 3.63) is 36.5 Å². The van der Waals surface area contributed by atoms with E-state index >= 15 is 0 Å². The number of carbonyl (C=O) groups is 3. The highest BCUT2D eigenvalue weighted by Crippen LogP contribution is 2.11. The van der Waals surface area contributed by atoms with Crippen LogP contribution < -0.4 is 0 Å². The van der Waals surface area contributed by atoms with Crippen molar-refractivity contribution in [3.8, 4) is 0 Å². The van der Waals surface area contributed by atoms with Crippen molar-refractivity contribution in [1.29, 1.82) is 0 Å². The fourth-order valence-corrected chi connectivity index (χ4v) is 1.40. The lowest BCUT2D eigenvalue weighted by Crippen LogP contribution is -2.51. The molecule has 0 radical (unpaired) electrons. The molecule has 2 atom stereocenters. The van der Waals surface area contributed by atoms with E-state index < -0.39 is 36.4 Å². The maximum absolute atomic E-state index is 11.5. The molecule has 0 aromatic carbocycles. The number of carbonyl (C=O) groups excluding carboxylic acids is 3. The first kappa shape index (κ1) is 16.2. The average molecular weight is 280 g/mol. The minimum atomic E-state index is -1.44. The van der Waals surface area contributed by atoms with E-state index in [1.807, 2.05) is 25.2 Å². The SMILES string of the molecule is C/C=C/C=C/C=C/CO[C@@H]1OC(CO)C(=O)C(=O)C1=O. The summed E-state index contributed by atoms with van der Waals surface area (Å²) < 4.78 is 9.98. The molecule has 6 heteroatoms. The van der Waals surface area contributed by atoms with Gasteiger partial charge in [-0.2, -0.15) is 0 Å². The Labute approximate surface area is 116 Å². The van der Waals surface area contributed by atoms with Crippen LogP contribution in [0.2, 0.25) is 0 Å². The highest BCUT2D eigenvalue weighted by atomic mass is 16.7. The molecule has 0 aromatic heterocycles. The molecule has 1 saturated heterocycles. The van der Waals surface area contributed by atoms with Gasteiger partial charge in [0.25, 0.3) is 11.6 Å². The number of Topliss-reactive ketones (excluding diaryl/α,β-unsaturated/α-hetero) is 3. The number of ketones is 3. The van der Waals surface area contributed by atoms with Gasteiger partial charge in [-0.15, -0.1) is 0 Å². The fraction of sp³-hybridized carbons (Fsp3) is 0.357. The maximum atomic E-state index is 11.5. The van der Waals surface area contributed by atoms with E-state index in [4.69, 9.17) is 14.6 Å². The zero-order valence-corrected chi connectivity index (χ0v) is 11.0. The van der Waals surface area contributed by atoms with Crippen LogP contribution in [-0.4, -0.2) is 48.1 Å². The van der Waals surface area contributed by atoms with E-state index in [1.54, 1.807) is 18.2 Å². The van der Waals surface area contributed by atoms with Crippen molar-refractivity contribution in [2.75, 3.05) is 13.2 Å². The Hall–Kier alpha value is -1.89. The molecule has 1 heterocycles. The minimum absolute atomic E-state index is 0.0379. The molecular formula is C14H16O6. The van der Waals surface area contributed by atoms with Gasteiger partial charge in [0.05, 0.1) is 13.2 Å². The Morgan fingerprint density at radius 3 is 2.50 bits per heavy atom. The van der Waals surface area contributed by atoms with Crippen LogP contribution in [0, 0.1) is 0 Å². The molecule has 1 unspecified atom stereocenters. The molecule has 6 nitrogen and oxygen atoms in total. The molecule has 20 heavy (non-hydrogen) atoms. The first-order valence-corrected chi connectivity index (χ1v) is 6.06. The largest absolute Gasteiger partial charge is 0.393 e. The molecule has 0 saturated carbocycles. The molecule has 0 aliphatic carbocycles. The van der Waals surface area contributed by atoms with Crippen molar-refractivity contribution < 1.29 is 29.0 Å². The standard InChI is InChI=1S/C14H16O6/c1-2-3-4-5-6-7-8-19-14-13(18)12(17)11(16)10(9-15)20-14/h2-7,10,14-15H,8-9H2,1H3/b3-2+,5-4+,7-6+/t10?,14-/m1/s1. The highest BCUT2D eigenvalue weighted by molar-refractivity contribution is 6.66. The summed E-state index contributed by atoms with van der Waals surface area (Å²) in [5.74, 6) is -3.28. The molecule has 1 fully saturated rings. The molecule has 0 bridgehead atoms. The van der Waals surface area contributed by atoms with Crippen LogP contribution >= 0.6 is 0 Å². The van der Waals surface area contributed by atoms with Crippen LogP contribution in [0.5, 0.6) is 0 Å². The molecule has 1 aliphatic rings. The third-order valence-corrected chi connectivity index (χ3v) is 2.41. The number of hydrogen-bond acceptors (Lipinski definition) is 6. The van der Waals surface area contributed by atoms with Gasteiger partial charge in [-0.05, 0) is 6.92 Å². The minimum Gasteiger partial charge on any atom is -0.393 e. The van der Waals surface area contributed by atoms with Crippen LogP contribution in [-0.2, 0) is 23.9 Å². The van der Waals surface area contributed by atoms with Crippen molar-refractivity contribution in [3.63, 3.8) is 0 Å². The second-order valence-electron chi connectivity index (χ2n) is 3.87. The summed E-state index contributed by atoms with van der Waals surface area (Å²) in [6.45, 7) is 1.26. The van der Waals surface area contributed by atoms with Gasteiger partial charge in [0.15, 0.2) is 6.10 Å². The van der Waals surface area contributed by atoms with Gasteiger partial charge in [-0.3, -0.25) is 14.4 Å². The van der Waals surface area contributed by atoms with Gasteiger partial charge in [-0.25, -0.2) is 0 Å². The average Bonchev–Trinajstić information content (AvgIpc) is 2.46. The van der Waals surface area contributed by atoms with E-state index in [9.17, 15) is 14.4 Å². The van der Waals surface area contributed by atoms with Gasteiger partial charge in [-0.1, -0.05) is 36.5 Å². The summed E-state index contributed by atoms with van der Waals surface area (Å²) in [6, 6.07) is 0. The van der Waals surface area contributed by atoms with Gasteiger partial charge < -0.3 is 14.6 Å². The van der Waals surface area contributed by atoms with Crippen LogP contribution in [0.15, 0.2) is 36.5 Å². The third-order valence-electron chi connectivity index (χ3n) is 2.41. The summed E-state index contributed by atoms with van der Waals surface area (Å²) in [7, 11) is 0. The second kappa shape index (κ2) is 8.31. The summed E-state index contributed by atoms with van der Waals surface area (Å²) in [5, 5.41) is 8.88. The van der Waals surface area contributed by atoms with E-state index in [0.717, 1.165) is 0 Å². The molecule has 0 spiro atoms. The summed E-state index contributed by atoms with van der Waals surface area (Å²) in [4.78, 5) is 34.0. The van der Waals surface area contributed by atoms with E-state index in [-0.39, 0.29) is 6.61 Å². The second-order valence-corrected chi connectivity index (χ2v) is 3.87. The predicted octanol–water partition coefficient (Wildman–Crippen LogP) is 0.116. The first-order chi connectivity index (χ1) is 9.61. The van der Waals surface area contributed by atoms with Gasteiger partial charge >= 0.3 is 0 Å². The van der Waals surface area contributed by atoms with Gasteiger partial charge in [0, 0.05) is 0 Å². The third kappa shape index (κ3) is 4.34. The first-order valence-electron chi connectivity index (χ1n) is 6.06. The number of ether oxygens (including phenoxy) is 2. The molecular weight excluding hydrogens is 264 g/mol. The number of allylic oxidation sites excluding steroid dienone is 5. The monoisotopic (exact) mass is 280 g/mol. The lowest BCUT2D eigenvalue weighted by Gasteiger charge is -2.24. The van der Waals surface area contributed by atoms with Crippen molar-refractivity contribution in [1.82, 2.24) is 0 Å². The van der Waals surface area contributed by atoms with Crippen molar-refractivity contribution in [2.24, 2.45) is 0 Å². The number of aliphatic hydroxyl groups excluding tert-OH is 1. The quantitative estimate of drug-likeness (QED) is 0.549. The number of hydrogen-bond donors (Lipinski definition) is 1. The highest BCUT2D eigenvalue weighted by Gasteiger charge is 2.43. The van der Waals surface area contributed by atoms with Crippen LogP contribution in [0.1, 0.15) is 6.92 Å². The van der Waals surface area contributed by atoms with Crippen molar-refractivity contribution in [2.45, 2.75) is 19.3 Å². The summed E-state index contributed by atoms with van der Waals surface area (Å²) in [6.07, 6.45) is 7.82. The lowest BCUT2D eigenvalue weighted by atomic mass is 10.0. The number of aliphatic hydroxyl groups is 1. The maximum Gasteiger partial charge on any atom is 0.272 e. The molecule has 1 aliphatic heterocycles. The molecule has 0 aromatic rings. The van der Waals surface area contributed by atoms with E-state index in [2.05, 4.69) is 0 Å². The zero-order chi connectivity index (χ0) is 15.0. The summed E-state index contributed by atoms with van der Waals surface area (Å²) >= 11 is 0. The Morgan fingerprint density at radius 1 is 1.15 bits per heavy atom. The summed E-state index contributed by atoms with van der Waals surface area (Å²) in [5.41, 5.74) is 0. The fourth-order valence-electron chi connectivity index (χ4n) is 1.40. The van der Waals surface area contributed by atoms with Crippen LogP contribution in [0.3, 0.4) is 0 Å². The van der Waals surface area contributed by atoms with Crippen molar-refractivity contribution >= 4 is 17.3 Å². The Bertz CT molecular complexity index is 460. The van der Waals surface area contributed by atoms with Gasteiger partial charge in [0.1, 0.15) is 0 Å². The molecule has 108 valence electrons. The van der Waals surface area contributed by atoms with Gasteiger partial charge in [0.2, 0.25) is 12.1 Å².